The van der Waals surface area contributed by atoms with Crippen LogP contribution in [0.2, 0.25) is 0 Å². The van der Waals surface area contributed by atoms with Gasteiger partial charge in [-0.15, -0.1) is 0 Å². The van der Waals surface area contributed by atoms with Gasteiger partial charge in [0.05, 0.1) is 14.2 Å². The molecule has 0 heterocycles. The summed E-state index contributed by atoms with van der Waals surface area (Å²) in [7, 11) is 3.06. The molecule has 0 fully saturated rings. The minimum atomic E-state index is -0.511. The van der Waals surface area contributed by atoms with Crippen LogP contribution in [0.1, 0.15) is 29.5 Å². The Morgan fingerprint density at radius 1 is 0.871 bits per heavy atom. The monoisotopic (exact) mass is 425 g/mol. The van der Waals surface area contributed by atoms with Gasteiger partial charge in [0.1, 0.15) is 0 Å². The second-order valence-corrected chi connectivity index (χ2v) is 6.85. The first kappa shape index (κ1) is 23.5. The van der Waals surface area contributed by atoms with Crippen molar-refractivity contribution in [2.75, 3.05) is 19.5 Å². The van der Waals surface area contributed by atoms with E-state index in [1.165, 1.54) is 20.3 Å². The SMILES string of the molecule is COc1ccc(/C=C/C(=O)NNC(=O)CCC(=O)Nc2cc(C)ccc2C)cc1OC. The van der Waals surface area contributed by atoms with Crippen LogP contribution in [-0.4, -0.2) is 31.9 Å². The molecule has 31 heavy (non-hydrogen) atoms. The fourth-order valence-corrected chi connectivity index (χ4v) is 2.67. The van der Waals surface area contributed by atoms with E-state index >= 15 is 0 Å². The lowest BCUT2D eigenvalue weighted by molar-refractivity contribution is -0.128. The second-order valence-electron chi connectivity index (χ2n) is 6.85. The highest BCUT2D eigenvalue weighted by Crippen LogP contribution is 2.27. The van der Waals surface area contributed by atoms with Gasteiger partial charge in [0.2, 0.25) is 11.8 Å². The number of hydrogen-bond donors (Lipinski definition) is 3. The molecule has 0 atom stereocenters. The summed E-state index contributed by atoms with van der Waals surface area (Å²) in [4.78, 5) is 35.9. The van der Waals surface area contributed by atoms with Crippen molar-refractivity contribution in [2.24, 2.45) is 0 Å². The maximum atomic E-state index is 12.1. The van der Waals surface area contributed by atoms with Crippen LogP contribution in [0.25, 0.3) is 6.08 Å². The summed E-state index contributed by atoms with van der Waals surface area (Å²) in [6, 6.07) is 11.0. The minimum Gasteiger partial charge on any atom is -0.493 e. The topological polar surface area (TPSA) is 106 Å². The number of methoxy groups -OCH3 is 2. The summed E-state index contributed by atoms with van der Waals surface area (Å²) in [6.07, 6.45) is 2.78. The number of rotatable bonds is 8. The Labute approximate surface area is 181 Å². The van der Waals surface area contributed by atoms with Gasteiger partial charge in [0, 0.05) is 24.6 Å². The van der Waals surface area contributed by atoms with Crippen LogP contribution >= 0.6 is 0 Å². The van der Waals surface area contributed by atoms with Crippen molar-refractivity contribution < 1.29 is 23.9 Å². The summed E-state index contributed by atoms with van der Waals surface area (Å²) in [5.74, 6) is -0.133. The number of amides is 3. The van der Waals surface area contributed by atoms with E-state index in [1.54, 1.807) is 24.3 Å². The van der Waals surface area contributed by atoms with Crippen molar-refractivity contribution in [1.29, 1.82) is 0 Å². The molecular formula is C23H27N3O5. The number of carbonyl (C=O) groups is 3. The van der Waals surface area contributed by atoms with E-state index in [4.69, 9.17) is 9.47 Å². The Balaban J connectivity index is 1.76. The van der Waals surface area contributed by atoms with Crippen LogP contribution in [0.4, 0.5) is 5.69 Å². The number of aryl methyl sites for hydroxylation is 2. The zero-order valence-electron chi connectivity index (χ0n) is 18.1. The Bertz CT molecular complexity index is 985. The van der Waals surface area contributed by atoms with Gasteiger partial charge in [0.15, 0.2) is 11.5 Å². The molecule has 164 valence electrons. The number of hydrogen-bond acceptors (Lipinski definition) is 5. The molecule has 0 aliphatic rings. The lowest BCUT2D eigenvalue weighted by Gasteiger charge is -2.09. The van der Waals surface area contributed by atoms with Gasteiger partial charge in [-0.3, -0.25) is 25.2 Å². The molecule has 0 bridgehead atoms. The van der Waals surface area contributed by atoms with E-state index in [2.05, 4.69) is 16.2 Å². The van der Waals surface area contributed by atoms with E-state index in [9.17, 15) is 14.4 Å². The maximum absolute atomic E-state index is 12.1. The predicted molar refractivity (Wildman–Crippen MR) is 119 cm³/mol. The van der Waals surface area contributed by atoms with Gasteiger partial charge >= 0.3 is 0 Å². The molecule has 0 spiro atoms. The molecule has 3 amide bonds. The number of nitrogens with one attached hydrogen (secondary N) is 3. The quantitative estimate of drug-likeness (QED) is 0.445. The average Bonchev–Trinajstić information content (AvgIpc) is 2.77. The first-order valence-electron chi connectivity index (χ1n) is 9.68. The summed E-state index contributed by atoms with van der Waals surface area (Å²) in [5.41, 5.74) is 7.98. The molecule has 0 aromatic heterocycles. The van der Waals surface area contributed by atoms with Gasteiger partial charge in [-0.2, -0.15) is 0 Å². The molecule has 0 saturated carbocycles. The molecule has 3 N–H and O–H groups in total. The third-order valence-electron chi connectivity index (χ3n) is 4.41. The molecule has 0 radical (unpaired) electrons. The van der Waals surface area contributed by atoms with Crippen LogP contribution in [0, 0.1) is 13.8 Å². The van der Waals surface area contributed by atoms with Crippen LogP contribution in [0.3, 0.4) is 0 Å². The van der Waals surface area contributed by atoms with Crippen LogP contribution < -0.4 is 25.6 Å². The molecule has 2 aromatic carbocycles. The maximum Gasteiger partial charge on any atom is 0.262 e. The van der Waals surface area contributed by atoms with Crippen LogP contribution in [0.5, 0.6) is 11.5 Å². The van der Waals surface area contributed by atoms with Crippen molar-refractivity contribution >= 4 is 29.5 Å². The summed E-state index contributed by atoms with van der Waals surface area (Å²) in [5, 5.41) is 2.79. The van der Waals surface area contributed by atoms with E-state index in [-0.39, 0.29) is 18.7 Å². The molecular weight excluding hydrogens is 398 g/mol. The van der Waals surface area contributed by atoms with Crippen molar-refractivity contribution in [3.05, 3.63) is 59.2 Å². The third kappa shape index (κ3) is 7.50. The predicted octanol–water partition coefficient (Wildman–Crippen LogP) is 2.90. The van der Waals surface area contributed by atoms with Gasteiger partial charge in [-0.1, -0.05) is 18.2 Å². The number of benzene rings is 2. The first-order chi connectivity index (χ1) is 14.8. The van der Waals surface area contributed by atoms with Crippen molar-refractivity contribution in [2.45, 2.75) is 26.7 Å². The van der Waals surface area contributed by atoms with Gasteiger partial charge < -0.3 is 14.8 Å². The van der Waals surface area contributed by atoms with E-state index in [0.29, 0.717) is 11.5 Å². The Kier molecular flexibility index (Phi) is 8.63. The van der Waals surface area contributed by atoms with Gasteiger partial charge in [-0.05, 0) is 54.8 Å². The molecule has 0 aliphatic carbocycles. The second kappa shape index (κ2) is 11.4. The van der Waals surface area contributed by atoms with Crippen LogP contribution in [0.15, 0.2) is 42.5 Å². The van der Waals surface area contributed by atoms with Crippen molar-refractivity contribution in [1.82, 2.24) is 10.9 Å². The smallest absolute Gasteiger partial charge is 0.262 e. The fourth-order valence-electron chi connectivity index (χ4n) is 2.67. The first-order valence-corrected chi connectivity index (χ1v) is 9.68. The van der Waals surface area contributed by atoms with E-state index < -0.39 is 11.8 Å². The molecule has 2 rings (SSSR count). The molecule has 8 heteroatoms. The van der Waals surface area contributed by atoms with Crippen molar-refractivity contribution in [3.8, 4) is 11.5 Å². The third-order valence-corrected chi connectivity index (χ3v) is 4.41. The Morgan fingerprint density at radius 2 is 1.58 bits per heavy atom. The summed E-state index contributed by atoms with van der Waals surface area (Å²) >= 11 is 0. The lowest BCUT2D eigenvalue weighted by atomic mass is 10.1. The summed E-state index contributed by atoms with van der Waals surface area (Å²) < 4.78 is 10.4. The number of anilines is 1. The molecule has 0 aliphatic heterocycles. The van der Waals surface area contributed by atoms with Gasteiger partial charge in [0.25, 0.3) is 5.91 Å². The van der Waals surface area contributed by atoms with E-state index in [0.717, 1.165) is 22.4 Å². The molecule has 8 nitrogen and oxygen atoms in total. The summed E-state index contributed by atoms with van der Waals surface area (Å²) in [6.45, 7) is 3.83. The Morgan fingerprint density at radius 3 is 2.29 bits per heavy atom. The minimum absolute atomic E-state index is 0.00340. The fraction of sp³-hybridized carbons (Fsp3) is 0.261. The number of hydrazine groups is 1. The largest absolute Gasteiger partial charge is 0.493 e. The molecule has 2 aromatic rings. The highest BCUT2D eigenvalue weighted by Gasteiger charge is 2.09. The molecule has 0 unspecified atom stereocenters. The molecule has 0 saturated heterocycles. The highest BCUT2D eigenvalue weighted by molar-refractivity contribution is 5.95. The van der Waals surface area contributed by atoms with Crippen molar-refractivity contribution in [3.63, 3.8) is 0 Å². The van der Waals surface area contributed by atoms with Crippen LogP contribution in [-0.2, 0) is 14.4 Å². The Hall–Kier alpha value is -3.81. The normalized spacial score (nSPS) is 10.5. The average molecular weight is 425 g/mol. The highest BCUT2D eigenvalue weighted by atomic mass is 16.5. The standard InChI is InChI=1S/C23H27N3O5/c1-15-5-6-16(2)18(13-15)24-21(27)11-12-23(29)26-25-22(28)10-8-17-7-9-19(30-3)20(14-17)31-4/h5-10,13-14H,11-12H2,1-4H3,(H,24,27)(H,25,28)(H,26,29)/b10-8+. The zero-order valence-corrected chi connectivity index (χ0v) is 18.1. The lowest BCUT2D eigenvalue weighted by Crippen LogP contribution is -2.41. The number of carbonyl (C=O) groups excluding carboxylic acids is 3. The van der Waals surface area contributed by atoms with E-state index in [1.807, 2.05) is 32.0 Å². The van der Waals surface area contributed by atoms with Gasteiger partial charge in [-0.25, -0.2) is 0 Å². The number of ether oxygens (including phenoxy) is 2. The zero-order chi connectivity index (χ0) is 22.8.